The Morgan fingerprint density at radius 2 is 1.92 bits per heavy atom. The highest BCUT2D eigenvalue weighted by atomic mass is 19.1. The fraction of sp³-hybridized carbons (Fsp3) is 0.421. The summed E-state index contributed by atoms with van der Waals surface area (Å²) in [5, 5.41) is 6.98. The first kappa shape index (κ1) is 19.6. The number of carbonyl (C=O) groups excluding carboxylic acids is 1. The Labute approximate surface area is 152 Å². The number of hydrogen-bond acceptors (Lipinski definition) is 4. The van der Waals surface area contributed by atoms with Crippen molar-refractivity contribution in [2.75, 3.05) is 6.54 Å². The topological polar surface area (TPSA) is 73.2 Å². The fourth-order valence-corrected chi connectivity index (χ4v) is 2.29. The Hall–Kier alpha value is -2.70. The van der Waals surface area contributed by atoms with E-state index < -0.39 is 11.9 Å². The zero-order valence-corrected chi connectivity index (χ0v) is 15.2. The number of amides is 1. The van der Waals surface area contributed by atoms with Crippen LogP contribution in [-0.2, 0) is 4.79 Å². The maximum Gasteiger partial charge on any atom is 0.271 e. The quantitative estimate of drug-likeness (QED) is 0.785. The molecule has 26 heavy (non-hydrogen) atoms. The van der Waals surface area contributed by atoms with Crippen LogP contribution in [0.4, 0.5) is 4.39 Å². The Morgan fingerprint density at radius 1 is 1.23 bits per heavy atom. The number of nitrogens with one attached hydrogen (secondary N) is 1. The van der Waals surface area contributed by atoms with Crippen molar-refractivity contribution in [2.24, 2.45) is 5.92 Å². The highest BCUT2D eigenvalue weighted by Crippen LogP contribution is 2.11. The summed E-state index contributed by atoms with van der Waals surface area (Å²) in [6.07, 6.45) is 0.648. The van der Waals surface area contributed by atoms with Gasteiger partial charge in [-0.3, -0.25) is 9.59 Å². The monoisotopic (exact) mass is 361 g/mol. The molecule has 1 aromatic heterocycles. The van der Waals surface area contributed by atoms with Crippen molar-refractivity contribution in [1.82, 2.24) is 15.1 Å². The standard InChI is InChI=1S/C19H24FN3O3/c1-4-16(19(25)21-12-11-13(2)3)26-17-9-10-18(24)23(22-17)15-7-5-14(20)6-8-15/h5-10,13,16H,4,11-12H2,1-3H3,(H,21,25)/t16-/m0/s1. The molecule has 2 aromatic rings. The van der Waals surface area contributed by atoms with Gasteiger partial charge >= 0.3 is 0 Å². The van der Waals surface area contributed by atoms with Crippen LogP contribution in [0.1, 0.15) is 33.6 Å². The lowest BCUT2D eigenvalue weighted by atomic mass is 10.1. The predicted octanol–water partition coefficient (Wildman–Crippen LogP) is 2.69. The molecule has 0 aliphatic heterocycles. The molecule has 0 saturated heterocycles. The van der Waals surface area contributed by atoms with Crippen LogP contribution in [0, 0.1) is 11.7 Å². The first-order chi connectivity index (χ1) is 12.4. The van der Waals surface area contributed by atoms with Gasteiger partial charge in [-0.2, -0.15) is 4.68 Å². The summed E-state index contributed by atoms with van der Waals surface area (Å²) >= 11 is 0. The minimum Gasteiger partial charge on any atom is -0.463 e. The van der Waals surface area contributed by atoms with E-state index in [-0.39, 0.29) is 17.3 Å². The first-order valence-electron chi connectivity index (χ1n) is 8.71. The number of nitrogens with zero attached hydrogens (tertiary/aromatic N) is 2. The minimum atomic E-state index is -0.700. The van der Waals surface area contributed by atoms with Crippen LogP contribution in [0.25, 0.3) is 5.69 Å². The lowest BCUT2D eigenvalue weighted by molar-refractivity contribution is -0.128. The number of ether oxygens (including phenoxy) is 1. The van der Waals surface area contributed by atoms with Crippen LogP contribution in [0.5, 0.6) is 5.88 Å². The van der Waals surface area contributed by atoms with E-state index in [4.69, 9.17) is 4.74 Å². The normalized spacial score (nSPS) is 12.0. The molecule has 0 radical (unpaired) electrons. The van der Waals surface area contributed by atoms with Gasteiger partial charge in [0, 0.05) is 18.7 Å². The Balaban J connectivity index is 2.12. The third kappa shape index (κ3) is 5.40. The van der Waals surface area contributed by atoms with Crippen molar-refractivity contribution in [3.63, 3.8) is 0 Å². The summed E-state index contributed by atoms with van der Waals surface area (Å²) in [6.45, 7) is 6.59. The molecule has 1 atom stereocenters. The van der Waals surface area contributed by atoms with Crippen LogP contribution in [0.3, 0.4) is 0 Å². The lowest BCUT2D eigenvalue weighted by Gasteiger charge is -2.17. The minimum absolute atomic E-state index is 0.153. The number of aromatic nitrogens is 2. The first-order valence-corrected chi connectivity index (χ1v) is 8.71. The largest absolute Gasteiger partial charge is 0.463 e. The van der Waals surface area contributed by atoms with Crippen molar-refractivity contribution in [3.8, 4) is 11.6 Å². The van der Waals surface area contributed by atoms with Crippen molar-refractivity contribution in [1.29, 1.82) is 0 Å². The smallest absolute Gasteiger partial charge is 0.271 e. The second-order valence-electron chi connectivity index (χ2n) is 6.39. The molecule has 1 aromatic carbocycles. The molecule has 2 rings (SSSR count). The van der Waals surface area contributed by atoms with Crippen molar-refractivity contribution in [3.05, 3.63) is 52.6 Å². The van der Waals surface area contributed by atoms with E-state index in [2.05, 4.69) is 24.3 Å². The summed E-state index contributed by atoms with van der Waals surface area (Å²) in [5.74, 6) is 0.0322. The number of carbonyl (C=O) groups is 1. The molecule has 0 saturated carbocycles. The van der Waals surface area contributed by atoms with Crippen molar-refractivity contribution >= 4 is 5.91 Å². The SMILES string of the molecule is CC[C@H](Oc1ccc(=O)n(-c2ccc(F)cc2)n1)C(=O)NCCC(C)C. The zero-order valence-electron chi connectivity index (χ0n) is 15.2. The molecule has 0 fully saturated rings. The third-order valence-corrected chi connectivity index (χ3v) is 3.79. The van der Waals surface area contributed by atoms with E-state index >= 15 is 0 Å². The van der Waals surface area contributed by atoms with E-state index in [1.54, 1.807) is 0 Å². The van der Waals surface area contributed by atoms with E-state index in [1.165, 1.54) is 36.4 Å². The summed E-state index contributed by atoms with van der Waals surface area (Å²) in [5.41, 5.74) is 0.0367. The number of hydrogen-bond donors (Lipinski definition) is 1. The van der Waals surface area contributed by atoms with Gasteiger partial charge in [-0.15, -0.1) is 5.10 Å². The highest BCUT2D eigenvalue weighted by molar-refractivity contribution is 5.80. The molecule has 1 N–H and O–H groups in total. The Kier molecular flexibility index (Phi) is 6.89. The second kappa shape index (κ2) is 9.12. The van der Waals surface area contributed by atoms with Crippen molar-refractivity contribution in [2.45, 2.75) is 39.7 Å². The van der Waals surface area contributed by atoms with Crippen LogP contribution in [0.2, 0.25) is 0 Å². The van der Waals surface area contributed by atoms with E-state index in [9.17, 15) is 14.0 Å². The summed E-state index contributed by atoms with van der Waals surface area (Å²) in [4.78, 5) is 24.3. The molecule has 0 spiro atoms. The molecule has 0 bridgehead atoms. The maximum atomic E-state index is 13.1. The number of rotatable bonds is 8. The molecular weight excluding hydrogens is 337 g/mol. The van der Waals surface area contributed by atoms with Crippen LogP contribution in [0.15, 0.2) is 41.2 Å². The van der Waals surface area contributed by atoms with Gasteiger partial charge in [0.1, 0.15) is 5.82 Å². The summed E-state index contributed by atoms with van der Waals surface area (Å²) in [6, 6.07) is 8.11. The molecule has 7 heteroatoms. The Bertz CT molecular complexity index is 787. The highest BCUT2D eigenvalue weighted by Gasteiger charge is 2.19. The molecule has 0 aliphatic rings. The number of benzene rings is 1. The molecule has 140 valence electrons. The second-order valence-corrected chi connectivity index (χ2v) is 6.39. The van der Waals surface area contributed by atoms with Crippen LogP contribution in [-0.4, -0.2) is 28.3 Å². The summed E-state index contributed by atoms with van der Waals surface area (Å²) < 4.78 is 19.8. The van der Waals surface area contributed by atoms with Gasteiger partial charge in [-0.1, -0.05) is 20.8 Å². The average molecular weight is 361 g/mol. The summed E-state index contributed by atoms with van der Waals surface area (Å²) in [7, 11) is 0. The van der Waals surface area contributed by atoms with Gasteiger partial charge < -0.3 is 10.1 Å². The van der Waals surface area contributed by atoms with Gasteiger partial charge in [0.15, 0.2) is 6.10 Å². The Morgan fingerprint density at radius 3 is 2.54 bits per heavy atom. The molecule has 6 nitrogen and oxygen atoms in total. The average Bonchev–Trinajstić information content (AvgIpc) is 2.61. The molecule has 0 aliphatic carbocycles. The van der Waals surface area contributed by atoms with E-state index in [1.807, 2.05) is 6.92 Å². The fourth-order valence-electron chi connectivity index (χ4n) is 2.29. The molecular formula is C19H24FN3O3. The van der Waals surface area contributed by atoms with Crippen LogP contribution < -0.4 is 15.6 Å². The van der Waals surface area contributed by atoms with Gasteiger partial charge in [-0.25, -0.2) is 4.39 Å². The van der Waals surface area contributed by atoms with E-state index in [0.29, 0.717) is 24.6 Å². The van der Waals surface area contributed by atoms with Gasteiger partial charge in [0.2, 0.25) is 5.88 Å². The maximum absolute atomic E-state index is 13.1. The predicted molar refractivity (Wildman–Crippen MR) is 97.0 cm³/mol. The van der Waals surface area contributed by atoms with Gasteiger partial charge in [0.25, 0.3) is 11.5 Å². The molecule has 0 unspecified atom stereocenters. The van der Waals surface area contributed by atoms with Gasteiger partial charge in [0.05, 0.1) is 5.69 Å². The van der Waals surface area contributed by atoms with Gasteiger partial charge in [-0.05, 0) is 43.0 Å². The molecule has 1 heterocycles. The third-order valence-electron chi connectivity index (χ3n) is 3.79. The number of halogens is 1. The van der Waals surface area contributed by atoms with Crippen LogP contribution >= 0.6 is 0 Å². The lowest BCUT2D eigenvalue weighted by Crippen LogP contribution is -2.39. The van der Waals surface area contributed by atoms with E-state index in [0.717, 1.165) is 11.1 Å². The zero-order chi connectivity index (χ0) is 19.1. The molecule has 1 amide bonds. The van der Waals surface area contributed by atoms with Crippen molar-refractivity contribution < 1.29 is 13.9 Å².